The summed E-state index contributed by atoms with van der Waals surface area (Å²) in [6, 6.07) is 0. The molecule has 2 heteroatoms. The van der Waals surface area contributed by atoms with Crippen molar-refractivity contribution in [3.05, 3.63) is 63.7 Å². The monoisotopic (exact) mass is 240 g/mol. The van der Waals surface area contributed by atoms with Crippen molar-refractivity contribution in [3.63, 3.8) is 0 Å². The molecule has 2 aliphatic carbocycles. The Balaban J connectivity index is 0.000000280. The molecule has 0 amide bonds. The molecular weight excluding hydrogens is 228 g/mol. The number of aliphatic hydroxyl groups is 1. The molecule has 1 N–H and O–H groups in total. The number of hydrogen-bond donors (Lipinski definition) is 1. The zero-order valence-electron chi connectivity index (χ0n) is 8.20. The van der Waals surface area contributed by atoms with Gasteiger partial charge in [-0.3, -0.25) is 0 Å². The molecule has 2 aliphatic rings. The van der Waals surface area contributed by atoms with Crippen LogP contribution in [0.3, 0.4) is 0 Å². The second-order valence-corrected chi connectivity index (χ2v) is 2.60. The summed E-state index contributed by atoms with van der Waals surface area (Å²) in [5.74, 6) is 6.29. The average molecular weight is 240 g/mol. The number of aliphatic hydroxyl groups excluding tert-OH is 1. The number of rotatable bonds is 0. The molecule has 2 fully saturated rings. The Kier molecular flexibility index (Phi) is 10.6. The van der Waals surface area contributed by atoms with E-state index >= 15 is 0 Å². The van der Waals surface area contributed by atoms with Crippen LogP contribution in [0.15, 0.2) is 0 Å². The Morgan fingerprint density at radius 2 is 1.33 bits per heavy atom. The van der Waals surface area contributed by atoms with E-state index in [-0.39, 0.29) is 23.7 Å². The van der Waals surface area contributed by atoms with Gasteiger partial charge in [-0.25, -0.2) is 0 Å². The molecule has 0 aromatic rings. The van der Waals surface area contributed by atoms with Crippen LogP contribution >= 0.6 is 0 Å². The van der Waals surface area contributed by atoms with Gasteiger partial charge >= 0.3 is 0 Å². The largest absolute Gasteiger partial charge is 0.384 e. The first-order valence-corrected chi connectivity index (χ1v) is 4.41. The standard InChI is InChI=1S/C8H7O.C5H5.Fe/c9-7-3-6-8-4-1-2-5-8;1-2-4-5-3-1;/h1-2,4-5,9H,7H2;1-5H;. The molecule has 0 aromatic heterocycles. The van der Waals surface area contributed by atoms with Crippen molar-refractivity contribution >= 4 is 0 Å². The molecule has 78 valence electrons. The van der Waals surface area contributed by atoms with Gasteiger partial charge in [-0.2, -0.15) is 0 Å². The van der Waals surface area contributed by atoms with Crippen LogP contribution in [0.4, 0.5) is 0 Å². The van der Waals surface area contributed by atoms with E-state index in [1.807, 2.05) is 57.8 Å². The van der Waals surface area contributed by atoms with Crippen molar-refractivity contribution in [2.75, 3.05) is 6.61 Å². The van der Waals surface area contributed by atoms with E-state index in [1.54, 1.807) is 0 Å². The summed E-state index contributed by atoms with van der Waals surface area (Å²) in [4.78, 5) is 0. The van der Waals surface area contributed by atoms with Crippen LogP contribution in [0.25, 0.3) is 0 Å². The third kappa shape index (κ3) is 7.91. The van der Waals surface area contributed by atoms with Crippen molar-refractivity contribution in [2.24, 2.45) is 0 Å². The van der Waals surface area contributed by atoms with Gasteiger partial charge in [-0.15, -0.1) is 0 Å². The summed E-state index contributed by atoms with van der Waals surface area (Å²) >= 11 is 0. The second-order valence-electron chi connectivity index (χ2n) is 2.60. The Morgan fingerprint density at radius 3 is 1.73 bits per heavy atom. The minimum atomic E-state index is -0.0643. The van der Waals surface area contributed by atoms with E-state index < -0.39 is 0 Å². The van der Waals surface area contributed by atoms with Crippen LogP contribution < -0.4 is 0 Å². The summed E-state index contributed by atoms with van der Waals surface area (Å²) in [5, 5.41) is 8.29. The maximum atomic E-state index is 8.29. The Hall–Kier alpha value is 0.0395. The van der Waals surface area contributed by atoms with Crippen molar-refractivity contribution < 1.29 is 22.2 Å². The summed E-state index contributed by atoms with van der Waals surface area (Å²) < 4.78 is 0. The zero-order chi connectivity index (χ0) is 10.1. The van der Waals surface area contributed by atoms with Gasteiger partial charge in [0.1, 0.15) is 6.61 Å². The van der Waals surface area contributed by atoms with Crippen LogP contribution in [-0.2, 0) is 17.1 Å². The summed E-state index contributed by atoms with van der Waals surface area (Å²) in [5.41, 5.74) is 0. The van der Waals surface area contributed by atoms with Gasteiger partial charge in [0.25, 0.3) is 0 Å². The maximum Gasteiger partial charge on any atom is 0.104 e. The van der Waals surface area contributed by atoms with Gasteiger partial charge in [0.2, 0.25) is 0 Å². The molecule has 0 atom stereocenters. The Labute approximate surface area is 105 Å². The third-order valence-corrected chi connectivity index (χ3v) is 1.53. The third-order valence-electron chi connectivity index (χ3n) is 1.53. The quantitative estimate of drug-likeness (QED) is 0.501. The van der Waals surface area contributed by atoms with Gasteiger partial charge in [0.15, 0.2) is 0 Å². The van der Waals surface area contributed by atoms with Crippen LogP contribution in [0.5, 0.6) is 0 Å². The smallest absolute Gasteiger partial charge is 0.104 e. The van der Waals surface area contributed by atoms with Crippen molar-refractivity contribution in [3.8, 4) is 11.8 Å². The summed E-state index contributed by atoms with van der Waals surface area (Å²) in [6.07, 6.45) is 17.6. The van der Waals surface area contributed by atoms with E-state index in [0.29, 0.717) is 0 Å². The number of hydrogen-bond acceptors (Lipinski definition) is 1. The van der Waals surface area contributed by atoms with Gasteiger partial charge in [-0.05, 0) is 57.8 Å². The first kappa shape index (κ1) is 15.0. The molecule has 0 spiro atoms. The van der Waals surface area contributed by atoms with Crippen LogP contribution in [0, 0.1) is 75.5 Å². The minimum absolute atomic E-state index is 0. The van der Waals surface area contributed by atoms with E-state index in [4.69, 9.17) is 5.11 Å². The molecule has 15 heavy (non-hydrogen) atoms. The molecule has 2 saturated carbocycles. The van der Waals surface area contributed by atoms with Crippen LogP contribution in [0.1, 0.15) is 0 Å². The van der Waals surface area contributed by atoms with Gasteiger partial charge in [-0.1, -0.05) is 11.8 Å². The van der Waals surface area contributed by atoms with Gasteiger partial charge < -0.3 is 5.11 Å². The van der Waals surface area contributed by atoms with Crippen molar-refractivity contribution in [2.45, 2.75) is 0 Å². The predicted molar refractivity (Wildman–Crippen MR) is 56.8 cm³/mol. The van der Waals surface area contributed by atoms with Gasteiger partial charge in [0.05, 0.1) is 5.92 Å². The zero-order valence-corrected chi connectivity index (χ0v) is 9.31. The normalized spacial score (nSPS) is 19.5. The molecule has 2 rings (SSSR count). The SMILES string of the molecule is OCC#C[C]1[CH][CH][CH][CH]1.[CH]1[CH][CH][CH][CH]1.[Fe]. The second kappa shape index (κ2) is 10.6. The van der Waals surface area contributed by atoms with E-state index in [2.05, 4.69) is 11.8 Å². The Bertz CT molecular complexity index is 175. The first-order valence-electron chi connectivity index (χ1n) is 4.41. The molecule has 0 unspecified atom stereocenters. The predicted octanol–water partition coefficient (Wildman–Crippen LogP) is 1.41. The molecule has 1 nitrogen and oxygen atoms in total. The first-order chi connectivity index (χ1) is 6.93. The van der Waals surface area contributed by atoms with Crippen LogP contribution in [-0.4, -0.2) is 11.7 Å². The van der Waals surface area contributed by atoms with Crippen molar-refractivity contribution in [1.29, 1.82) is 0 Å². The van der Waals surface area contributed by atoms with Crippen molar-refractivity contribution in [1.82, 2.24) is 0 Å². The van der Waals surface area contributed by atoms with Gasteiger partial charge in [0, 0.05) is 17.1 Å². The maximum absolute atomic E-state index is 8.29. The fraction of sp³-hybridized carbons (Fsp3) is 0.0769. The topological polar surface area (TPSA) is 20.2 Å². The molecule has 0 aromatic carbocycles. The molecule has 10 radical (unpaired) electrons. The molecule has 0 saturated heterocycles. The van der Waals surface area contributed by atoms with E-state index in [9.17, 15) is 0 Å². The fourth-order valence-electron chi connectivity index (χ4n) is 0.920. The van der Waals surface area contributed by atoms with Crippen LogP contribution in [0.2, 0.25) is 0 Å². The van der Waals surface area contributed by atoms with E-state index in [1.165, 1.54) is 0 Å². The summed E-state index contributed by atoms with van der Waals surface area (Å²) in [6.45, 7) is -0.0643. The van der Waals surface area contributed by atoms with E-state index in [0.717, 1.165) is 5.92 Å². The Morgan fingerprint density at radius 1 is 0.867 bits per heavy atom. The molecule has 0 aliphatic heterocycles. The summed E-state index contributed by atoms with van der Waals surface area (Å²) in [7, 11) is 0. The molecule has 0 heterocycles. The minimum Gasteiger partial charge on any atom is -0.384 e. The molecular formula is C13H12FeO. The fourth-order valence-corrected chi connectivity index (χ4v) is 0.920. The molecule has 0 bridgehead atoms. The average Bonchev–Trinajstić information content (AvgIpc) is 2.90.